The third kappa shape index (κ3) is 4.22. The number of furan rings is 1. The molecule has 0 saturated carbocycles. The lowest BCUT2D eigenvalue weighted by atomic mass is 10.0. The molecule has 6 nitrogen and oxygen atoms in total. The Balaban J connectivity index is 1.52. The second-order valence-corrected chi connectivity index (χ2v) is 5.89. The van der Waals surface area contributed by atoms with Gasteiger partial charge in [-0.1, -0.05) is 6.07 Å². The van der Waals surface area contributed by atoms with Crippen LogP contribution in [0, 0.1) is 0 Å². The van der Waals surface area contributed by atoms with Gasteiger partial charge in [-0.25, -0.2) is 4.79 Å². The second-order valence-electron chi connectivity index (χ2n) is 5.89. The Morgan fingerprint density at radius 2 is 2.29 bits per heavy atom. The number of hydrogen-bond donors (Lipinski definition) is 2. The Morgan fingerprint density at radius 1 is 1.38 bits per heavy atom. The van der Waals surface area contributed by atoms with Crippen LogP contribution in [0.5, 0.6) is 5.75 Å². The molecule has 0 aliphatic carbocycles. The predicted molar refractivity (Wildman–Crippen MR) is 92.3 cm³/mol. The molecule has 1 aromatic heterocycles. The highest BCUT2D eigenvalue weighted by Gasteiger charge is 2.21. The van der Waals surface area contributed by atoms with Crippen LogP contribution in [-0.4, -0.2) is 32.3 Å². The summed E-state index contributed by atoms with van der Waals surface area (Å²) < 4.78 is 10.5. The molecule has 24 heavy (non-hydrogen) atoms. The van der Waals surface area contributed by atoms with E-state index in [4.69, 9.17) is 9.15 Å². The Hall–Kier alpha value is -2.63. The van der Waals surface area contributed by atoms with Crippen molar-refractivity contribution < 1.29 is 13.9 Å². The molecule has 0 spiro atoms. The number of anilines is 1. The number of carbonyl (C=O) groups excluding carboxylic acids is 1. The maximum absolute atomic E-state index is 12.0. The average molecular weight is 329 g/mol. The van der Waals surface area contributed by atoms with Crippen LogP contribution in [-0.2, 0) is 6.54 Å². The maximum atomic E-state index is 12.0. The molecule has 128 valence electrons. The first-order chi connectivity index (χ1) is 11.7. The molecule has 1 saturated heterocycles. The van der Waals surface area contributed by atoms with Gasteiger partial charge in [0.15, 0.2) is 0 Å². The second kappa shape index (κ2) is 7.77. The number of rotatable bonds is 5. The summed E-state index contributed by atoms with van der Waals surface area (Å²) in [5.74, 6) is 1.59. The molecule has 1 aliphatic heterocycles. The molecule has 6 heteroatoms. The van der Waals surface area contributed by atoms with Crippen molar-refractivity contribution >= 4 is 11.7 Å². The van der Waals surface area contributed by atoms with Crippen molar-refractivity contribution in [3.63, 3.8) is 0 Å². The van der Waals surface area contributed by atoms with E-state index in [1.165, 1.54) is 0 Å². The van der Waals surface area contributed by atoms with Crippen molar-refractivity contribution in [2.24, 2.45) is 0 Å². The summed E-state index contributed by atoms with van der Waals surface area (Å²) in [4.78, 5) is 14.3. The van der Waals surface area contributed by atoms with Crippen LogP contribution in [0.1, 0.15) is 18.6 Å². The summed E-state index contributed by atoms with van der Waals surface area (Å²) >= 11 is 0. The highest BCUT2D eigenvalue weighted by molar-refractivity contribution is 5.74. The van der Waals surface area contributed by atoms with Gasteiger partial charge in [0.2, 0.25) is 0 Å². The van der Waals surface area contributed by atoms with E-state index in [-0.39, 0.29) is 12.1 Å². The monoisotopic (exact) mass is 329 g/mol. The number of nitrogens with one attached hydrogen (secondary N) is 2. The van der Waals surface area contributed by atoms with Crippen LogP contribution >= 0.6 is 0 Å². The van der Waals surface area contributed by atoms with Gasteiger partial charge >= 0.3 is 6.03 Å². The van der Waals surface area contributed by atoms with Gasteiger partial charge in [0, 0.05) is 30.9 Å². The van der Waals surface area contributed by atoms with Crippen molar-refractivity contribution in [2.45, 2.75) is 25.4 Å². The largest absolute Gasteiger partial charge is 0.497 e. The zero-order valence-corrected chi connectivity index (χ0v) is 13.8. The van der Waals surface area contributed by atoms with Crippen LogP contribution in [0.3, 0.4) is 0 Å². The van der Waals surface area contributed by atoms with E-state index in [1.54, 1.807) is 13.4 Å². The van der Waals surface area contributed by atoms with Crippen LogP contribution in [0.4, 0.5) is 10.5 Å². The van der Waals surface area contributed by atoms with Crippen LogP contribution in [0.2, 0.25) is 0 Å². The Kier molecular flexibility index (Phi) is 5.25. The van der Waals surface area contributed by atoms with E-state index in [1.807, 2.05) is 30.3 Å². The third-order valence-corrected chi connectivity index (χ3v) is 4.18. The number of amides is 2. The number of carbonyl (C=O) groups is 1. The summed E-state index contributed by atoms with van der Waals surface area (Å²) in [5.41, 5.74) is 1.12. The SMILES string of the molecule is COc1cccc(N2CCC[C@H](NC(=O)NCc3ccco3)C2)c1. The Morgan fingerprint density at radius 3 is 3.08 bits per heavy atom. The van der Waals surface area contributed by atoms with E-state index in [2.05, 4.69) is 21.6 Å². The molecule has 1 aliphatic rings. The molecule has 2 aromatic rings. The Labute approximate surface area is 141 Å². The number of nitrogens with zero attached hydrogens (tertiary/aromatic N) is 1. The van der Waals surface area contributed by atoms with Crippen molar-refractivity contribution in [3.8, 4) is 5.75 Å². The number of methoxy groups -OCH3 is 1. The summed E-state index contributed by atoms with van der Waals surface area (Å²) in [6, 6.07) is 11.6. The fourth-order valence-corrected chi connectivity index (χ4v) is 2.95. The van der Waals surface area contributed by atoms with Gasteiger partial charge in [-0.05, 0) is 37.1 Å². The molecule has 2 N–H and O–H groups in total. The van der Waals surface area contributed by atoms with E-state index in [9.17, 15) is 4.79 Å². The van der Waals surface area contributed by atoms with Crippen LogP contribution < -0.4 is 20.3 Å². The molecular weight excluding hydrogens is 306 g/mol. The lowest BCUT2D eigenvalue weighted by Gasteiger charge is -2.34. The summed E-state index contributed by atoms with van der Waals surface area (Å²) in [6.45, 7) is 2.17. The van der Waals surface area contributed by atoms with Gasteiger partial charge in [-0.2, -0.15) is 0 Å². The van der Waals surface area contributed by atoms with Crippen molar-refractivity contribution in [1.82, 2.24) is 10.6 Å². The highest BCUT2D eigenvalue weighted by Crippen LogP contribution is 2.24. The van der Waals surface area contributed by atoms with Gasteiger partial charge in [0.05, 0.1) is 19.9 Å². The number of hydrogen-bond acceptors (Lipinski definition) is 4. The zero-order valence-electron chi connectivity index (χ0n) is 13.8. The van der Waals surface area contributed by atoms with Gasteiger partial charge < -0.3 is 24.7 Å². The van der Waals surface area contributed by atoms with E-state index < -0.39 is 0 Å². The van der Waals surface area contributed by atoms with Gasteiger partial charge in [-0.15, -0.1) is 0 Å². The molecule has 0 bridgehead atoms. The first kappa shape index (κ1) is 16.2. The van der Waals surface area contributed by atoms with Gasteiger partial charge in [0.25, 0.3) is 0 Å². The average Bonchev–Trinajstić information content (AvgIpc) is 3.14. The van der Waals surface area contributed by atoms with E-state index in [0.29, 0.717) is 6.54 Å². The van der Waals surface area contributed by atoms with Crippen LogP contribution in [0.15, 0.2) is 47.1 Å². The van der Waals surface area contributed by atoms with Crippen molar-refractivity contribution in [2.75, 3.05) is 25.1 Å². The summed E-state index contributed by atoms with van der Waals surface area (Å²) in [5, 5.41) is 5.87. The molecule has 2 heterocycles. The maximum Gasteiger partial charge on any atom is 0.315 e. The fourth-order valence-electron chi connectivity index (χ4n) is 2.95. The number of urea groups is 1. The van der Waals surface area contributed by atoms with E-state index >= 15 is 0 Å². The topological polar surface area (TPSA) is 66.7 Å². The minimum Gasteiger partial charge on any atom is -0.497 e. The molecule has 1 fully saturated rings. The fraction of sp³-hybridized carbons (Fsp3) is 0.389. The molecule has 1 atom stereocenters. The molecule has 2 amide bonds. The molecule has 3 rings (SSSR count). The van der Waals surface area contributed by atoms with E-state index in [0.717, 1.165) is 43.1 Å². The normalized spacial score (nSPS) is 17.4. The minimum atomic E-state index is -0.163. The van der Waals surface area contributed by atoms with Gasteiger partial charge in [-0.3, -0.25) is 0 Å². The number of ether oxygens (including phenoxy) is 1. The first-order valence-electron chi connectivity index (χ1n) is 8.20. The summed E-state index contributed by atoms with van der Waals surface area (Å²) in [7, 11) is 1.67. The lowest BCUT2D eigenvalue weighted by molar-refractivity contribution is 0.233. The molecule has 1 aromatic carbocycles. The standard InChI is InChI=1S/C18H23N3O3/c1-23-16-7-2-6-15(11-16)21-9-3-5-14(13-21)20-18(22)19-12-17-8-4-10-24-17/h2,4,6-8,10-11,14H,3,5,9,12-13H2,1H3,(H2,19,20,22)/t14-/m0/s1. The van der Waals surface area contributed by atoms with Crippen molar-refractivity contribution in [1.29, 1.82) is 0 Å². The van der Waals surface area contributed by atoms with Crippen LogP contribution in [0.25, 0.3) is 0 Å². The molecule has 0 unspecified atom stereocenters. The van der Waals surface area contributed by atoms with Gasteiger partial charge in [0.1, 0.15) is 11.5 Å². The zero-order chi connectivity index (χ0) is 16.8. The highest BCUT2D eigenvalue weighted by atomic mass is 16.5. The smallest absolute Gasteiger partial charge is 0.315 e. The lowest BCUT2D eigenvalue weighted by Crippen LogP contribution is -2.50. The summed E-state index contributed by atoms with van der Waals surface area (Å²) in [6.07, 6.45) is 3.62. The third-order valence-electron chi connectivity index (χ3n) is 4.18. The first-order valence-corrected chi connectivity index (χ1v) is 8.20. The molecular formula is C18H23N3O3. The number of piperidine rings is 1. The quantitative estimate of drug-likeness (QED) is 0.885. The van der Waals surface area contributed by atoms with Crippen molar-refractivity contribution in [3.05, 3.63) is 48.4 Å². The number of benzene rings is 1. The Bertz CT molecular complexity index is 657. The predicted octanol–water partition coefficient (Wildman–Crippen LogP) is 2.76. The molecule has 0 radical (unpaired) electrons. The minimum absolute atomic E-state index is 0.126.